The van der Waals surface area contributed by atoms with Gasteiger partial charge in [0.15, 0.2) is 0 Å². The van der Waals surface area contributed by atoms with E-state index < -0.39 is 0 Å². The highest BCUT2D eigenvalue weighted by Gasteiger charge is 2.27. The zero-order valence-electron chi connectivity index (χ0n) is 14.3. The van der Waals surface area contributed by atoms with E-state index in [2.05, 4.69) is 20.2 Å². The van der Waals surface area contributed by atoms with Gasteiger partial charge in [-0.3, -0.25) is 9.89 Å². The summed E-state index contributed by atoms with van der Waals surface area (Å²) < 4.78 is 0. The van der Waals surface area contributed by atoms with E-state index in [9.17, 15) is 4.79 Å². The lowest BCUT2D eigenvalue weighted by atomic mass is 10.0. The molecule has 0 saturated heterocycles. The van der Waals surface area contributed by atoms with E-state index in [1.165, 1.54) is 0 Å². The molecule has 1 aliphatic heterocycles. The first kappa shape index (κ1) is 15.5. The zero-order chi connectivity index (χ0) is 17.4. The van der Waals surface area contributed by atoms with Gasteiger partial charge in [0.05, 0.1) is 12.2 Å². The van der Waals surface area contributed by atoms with Gasteiger partial charge in [-0.1, -0.05) is 30.3 Å². The SMILES string of the molecule is Cc1cc(C(=O)N2CCc3[nH]nc(-c4ccccc4)c3C2)nc(C)n1. The van der Waals surface area contributed by atoms with Crippen molar-refractivity contribution in [1.29, 1.82) is 0 Å². The average molecular weight is 333 g/mol. The molecule has 0 atom stereocenters. The van der Waals surface area contributed by atoms with E-state index in [1.807, 2.05) is 49.1 Å². The molecule has 1 N–H and O–H groups in total. The molecule has 3 aromatic rings. The fourth-order valence-corrected chi connectivity index (χ4v) is 3.29. The topological polar surface area (TPSA) is 74.8 Å². The number of aromatic nitrogens is 4. The van der Waals surface area contributed by atoms with Crippen LogP contribution < -0.4 is 0 Å². The number of nitrogens with one attached hydrogen (secondary N) is 1. The van der Waals surface area contributed by atoms with Crippen LogP contribution in [0, 0.1) is 13.8 Å². The van der Waals surface area contributed by atoms with Crippen LogP contribution in [0.2, 0.25) is 0 Å². The molecule has 0 saturated carbocycles. The lowest BCUT2D eigenvalue weighted by Crippen LogP contribution is -2.36. The third-order valence-corrected chi connectivity index (χ3v) is 4.45. The molecule has 0 unspecified atom stereocenters. The van der Waals surface area contributed by atoms with Crippen LogP contribution in [0.5, 0.6) is 0 Å². The Kier molecular flexibility index (Phi) is 3.80. The van der Waals surface area contributed by atoms with Gasteiger partial charge in [0, 0.05) is 35.5 Å². The lowest BCUT2D eigenvalue weighted by molar-refractivity contribution is 0.0728. The largest absolute Gasteiger partial charge is 0.332 e. The first-order valence-electron chi connectivity index (χ1n) is 8.35. The van der Waals surface area contributed by atoms with Gasteiger partial charge < -0.3 is 4.90 Å². The van der Waals surface area contributed by atoms with Crippen LogP contribution in [0.15, 0.2) is 36.4 Å². The van der Waals surface area contributed by atoms with Crippen molar-refractivity contribution in [3.63, 3.8) is 0 Å². The first-order chi connectivity index (χ1) is 12.1. The third kappa shape index (κ3) is 2.91. The number of nitrogens with zero attached hydrogens (tertiary/aromatic N) is 4. The Balaban J connectivity index is 1.64. The van der Waals surface area contributed by atoms with Crippen molar-refractivity contribution in [2.24, 2.45) is 0 Å². The molecule has 1 aliphatic rings. The summed E-state index contributed by atoms with van der Waals surface area (Å²) in [5.41, 5.74) is 5.44. The van der Waals surface area contributed by atoms with E-state index in [0.717, 1.165) is 34.6 Å². The maximum atomic E-state index is 12.9. The Morgan fingerprint density at radius 3 is 2.72 bits per heavy atom. The monoisotopic (exact) mass is 333 g/mol. The molecule has 3 heterocycles. The predicted octanol–water partition coefficient (Wildman–Crippen LogP) is 2.68. The van der Waals surface area contributed by atoms with Gasteiger partial charge in [-0.15, -0.1) is 0 Å². The summed E-state index contributed by atoms with van der Waals surface area (Å²) in [6, 6.07) is 11.8. The van der Waals surface area contributed by atoms with Crippen LogP contribution in [-0.4, -0.2) is 37.5 Å². The number of hydrogen-bond acceptors (Lipinski definition) is 4. The number of benzene rings is 1. The number of amides is 1. The molecule has 1 amide bonds. The minimum atomic E-state index is -0.0561. The molecule has 0 spiro atoms. The minimum Gasteiger partial charge on any atom is -0.332 e. The highest BCUT2D eigenvalue weighted by Crippen LogP contribution is 2.28. The number of aryl methyl sites for hydroxylation is 2. The number of carbonyl (C=O) groups excluding carboxylic acids is 1. The Bertz CT molecular complexity index is 912. The highest BCUT2D eigenvalue weighted by molar-refractivity contribution is 5.92. The Labute approximate surface area is 145 Å². The second kappa shape index (κ2) is 6.12. The zero-order valence-corrected chi connectivity index (χ0v) is 14.3. The highest BCUT2D eigenvalue weighted by atomic mass is 16.2. The molecule has 0 bridgehead atoms. The molecule has 2 aromatic heterocycles. The maximum Gasteiger partial charge on any atom is 0.272 e. The molecule has 1 aromatic carbocycles. The predicted molar refractivity (Wildman–Crippen MR) is 94.0 cm³/mol. The van der Waals surface area contributed by atoms with Gasteiger partial charge >= 0.3 is 0 Å². The molecule has 0 radical (unpaired) electrons. The van der Waals surface area contributed by atoms with Crippen molar-refractivity contribution >= 4 is 5.91 Å². The van der Waals surface area contributed by atoms with Crippen molar-refractivity contribution in [1.82, 2.24) is 25.1 Å². The second-order valence-corrected chi connectivity index (χ2v) is 6.31. The van der Waals surface area contributed by atoms with Crippen LogP contribution in [0.1, 0.15) is 33.3 Å². The van der Waals surface area contributed by atoms with E-state index in [-0.39, 0.29) is 5.91 Å². The maximum absolute atomic E-state index is 12.9. The fourth-order valence-electron chi connectivity index (χ4n) is 3.29. The summed E-state index contributed by atoms with van der Waals surface area (Å²) in [5, 5.41) is 7.60. The average Bonchev–Trinajstić information content (AvgIpc) is 3.04. The van der Waals surface area contributed by atoms with E-state index >= 15 is 0 Å². The smallest absolute Gasteiger partial charge is 0.272 e. The molecule has 0 aliphatic carbocycles. The van der Waals surface area contributed by atoms with Crippen molar-refractivity contribution in [2.75, 3.05) is 6.54 Å². The fraction of sp³-hybridized carbons (Fsp3) is 0.263. The number of aromatic amines is 1. The van der Waals surface area contributed by atoms with E-state index in [4.69, 9.17) is 0 Å². The van der Waals surface area contributed by atoms with Crippen molar-refractivity contribution < 1.29 is 4.79 Å². The molecule has 126 valence electrons. The summed E-state index contributed by atoms with van der Waals surface area (Å²) in [4.78, 5) is 23.3. The summed E-state index contributed by atoms with van der Waals surface area (Å²) in [5.74, 6) is 0.564. The van der Waals surface area contributed by atoms with Crippen molar-refractivity contribution in [3.8, 4) is 11.3 Å². The molecular weight excluding hydrogens is 314 g/mol. The minimum absolute atomic E-state index is 0.0561. The van der Waals surface area contributed by atoms with E-state index in [0.29, 0.717) is 24.6 Å². The van der Waals surface area contributed by atoms with Gasteiger partial charge in [0.25, 0.3) is 5.91 Å². The van der Waals surface area contributed by atoms with Crippen LogP contribution >= 0.6 is 0 Å². The standard InChI is InChI=1S/C19H19N5O/c1-12-10-17(21-13(2)20-12)19(25)24-9-8-16-15(11-24)18(23-22-16)14-6-4-3-5-7-14/h3-7,10H,8-9,11H2,1-2H3,(H,22,23). The summed E-state index contributed by atoms with van der Waals surface area (Å²) in [7, 11) is 0. The van der Waals surface area contributed by atoms with E-state index in [1.54, 1.807) is 6.07 Å². The number of H-pyrrole nitrogens is 1. The van der Waals surface area contributed by atoms with Crippen molar-refractivity contribution in [3.05, 3.63) is 64.9 Å². The summed E-state index contributed by atoms with van der Waals surface area (Å²) >= 11 is 0. The number of carbonyl (C=O) groups is 1. The molecule has 4 rings (SSSR count). The normalized spacial score (nSPS) is 13.6. The third-order valence-electron chi connectivity index (χ3n) is 4.45. The van der Waals surface area contributed by atoms with Crippen molar-refractivity contribution in [2.45, 2.75) is 26.8 Å². The van der Waals surface area contributed by atoms with Crippen LogP contribution in [0.4, 0.5) is 0 Å². The van der Waals surface area contributed by atoms with Crippen LogP contribution in [-0.2, 0) is 13.0 Å². The summed E-state index contributed by atoms with van der Waals surface area (Å²) in [6.07, 6.45) is 0.768. The molecule has 0 fully saturated rings. The summed E-state index contributed by atoms with van der Waals surface area (Å²) in [6.45, 7) is 4.88. The van der Waals surface area contributed by atoms with Gasteiger partial charge in [-0.2, -0.15) is 5.10 Å². The number of rotatable bonds is 2. The molecule has 6 heteroatoms. The molecule has 25 heavy (non-hydrogen) atoms. The Morgan fingerprint density at radius 2 is 1.96 bits per heavy atom. The second-order valence-electron chi connectivity index (χ2n) is 6.31. The van der Waals surface area contributed by atoms with Crippen LogP contribution in [0.3, 0.4) is 0 Å². The molecular formula is C19H19N5O. The number of hydrogen-bond donors (Lipinski definition) is 1. The first-order valence-corrected chi connectivity index (χ1v) is 8.35. The molecule has 6 nitrogen and oxygen atoms in total. The van der Waals surface area contributed by atoms with Gasteiger partial charge in [-0.05, 0) is 19.9 Å². The van der Waals surface area contributed by atoms with Gasteiger partial charge in [0.1, 0.15) is 11.5 Å². The van der Waals surface area contributed by atoms with Gasteiger partial charge in [-0.25, -0.2) is 9.97 Å². The quantitative estimate of drug-likeness (QED) is 0.782. The van der Waals surface area contributed by atoms with Crippen LogP contribution in [0.25, 0.3) is 11.3 Å². The Hall–Kier alpha value is -3.02. The Morgan fingerprint density at radius 1 is 1.16 bits per heavy atom. The number of fused-ring (bicyclic) bond motifs is 1. The van der Waals surface area contributed by atoms with Gasteiger partial charge in [0.2, 0.25) is 0 Å². The lowest BCUT2D eigenvalue weighted by Gasteiger charge is -2.27.